The molecule has 3 N–H and O–H groups in total. The number of carbonyl (C=O) groups excluding carboxylic acids is 1. The third kappa shape index (κ3) is 1.16. The minimum Gasteiger partial charge on any atom is -0.364 e. The number of nitrogens with two attached hydrogens (primary N) is 1. The van der Waals surface area contributed by atoms with Crippen LogP contribution in [0.25, 0.3) is 0 Å². The first kappa shape index (κ1) is 7.57. The Morgan fingerprint density at radius 2 is 2.45 bits per heavy atom. The zero-order valence-corrected chi connectivity index (χ0v) is 6.01. The summed E-state index contributed by atoms with van der Waals surface area (Å²) in [6, 6.07) is 1.70. The number of nitriles is 1. The molecule has 0 radical (unpaired) electrons. The summed E-state index contributed by atoms with van der Waals surface area (Å²) < 4.78 is 0. The van der Waals surface area contributed by atoms with Crippen molar-refractivity contribution in [2.75, 3.05) is 0 Å². The quantitative estimate of drug-likeness (QED) is 0.623. The maximum absolute atomic E-state index is 10.5. The Bertz CT molecular complexity index is 337. The van der Waals surface area contributed by atoms with Gasteiger partial charge in [-0.15, -0.1) is 0 Å². The summed E-state index contributed by atoms with van der Waals surface area (Å²) >= 11 is 5.44. The molecule has 0 aliphatic heterocycles. The molecule has 56 valence electrons. The van der Waals surface area contributed by atoms with Crippen molar-refractivity contribution in [3.8, 4) is 6.07 Å². The van der Waals surface area contributed by atoms with Gasteiger partial charge >= 0.3 is 0 Å². The van der Waals surface area contributed by atoms with E-state index in [1.807, 2.05) is 0 Å². The average Bonchev–Trinajstić information content (AvgIpc) is 2.30. The summed E-state index contributed by atoms with van der Waals surface area (Å²) in [5.41, 5.74) is 4.73. The molecule has 0 saturated heterocycles. The largest absolute Gasteiger partial charge is 0.364 e. The van der Waals surface area contributed by atoms with Gasteiger partial charge in [-0.1, -0.05) is 11.6 Å². The smallest absolute Gasteiger partial charge is 0.270 e. The lowest BCUT2D eigenvalue weighted by atomic mass is 10.2. The molecule has 0 spiro atoms. The summed E-state index contributed by atoms with van der Waals surface area (Å²) in [7, 11) is 0. The molecule has 0 bridgehead atoms. The van der Waals surface area contributed by atoms with E-state index in [0.29, 0.717) is 0 Å². The van der Waals surface area contributed by atoms with E-state index in [1.165, 1.54) is 0 Å². The minimum absolute atomic E-state index is 0.0147. The maximum atomic E-state index is 10.5. The van der Waals surface area contributed by atoms with Crippen LogP contribution in [0.2, 0.25) is 5.15 Å². The predicted octanol–water partition coefficient (Wildman–Crippen LogP) is 0.0337. The van der Waals surface area contributed by atoms with Gasteiger partial charge < -0.3 is 5.73 Å². The van der Waals surface area contributed by atoms with Crippen LogP contribution in [0.1, 0.15) is 16.1 Å². The molecule has 1 amide bonds. The fourth-order valence-electron chi connectivity index (χ4n) is 0.601. The summed E-state index contributed by atoms with van der Waals surface area (Å²) in [6.07, 6.45) is 0. The SMILES string of the molecule is N#Cc1c(C(N)=O)n[nH]c1Cl. The number of aromatic amines is 1. The molecular weight excluding hydrogens is 168 g/mol. The Labute approximate surface area is 66.8 Å². The van der Waals surface area contributed by atoms with E-state index in [1.54, 1.807) is 6.07 Å². The van der Waals surface area contributed by atoms with E-state index >= 15 is 0 Å². The van der Waals surface area contributed by atoms with Crippen LogP contribution in [0.3, 0.4) is 0 Å². The fraction of sp³-hybridized carbons (Fsp3) is 0. The number of hydrogen-bond donors (Lipinski definition) is 2. The van der Waals surface area contributed by atoms with E-state index in [4.69, 9.17) is 22.6 Å². The van der Waals surface area contributed by atoms with E-state index in [-0.39, 0.29) is 16.4 Å². The van der Waals surface area contributed by atoms with Gasteiger partial charge in [0.2, 0.25) is 0 Å². The number of hydrogen-bond acceptors (Lipinski definition) is 3. The molecule has 0 fully saturated rings. The van der Waals surface area contributed by atoms with Gasteiger partial charge in [-0.05, 0) is 0 Å². The highest BCUT2D eigenvalue weighted by atomic mass is 35.5. The molecule has 1 aromatic heterocycles. The Morgan fingerprint density at radius 3 is 2.82 bits per heavy atom. The number of nitrogens with zero attached hydrogens (tertiary/aromatic N) is 2. The van der Waals surface area contributed by atoms with E-state index in [9.17, 15) is 4.79 Å². The third-order valence-electron chi connectivity index (χ3n) is 1.07. The number of halogens is 1. The number of nitrogens with one attached hydrogen (secondary N) is 1. The molecule has 0 aliphatic carbocycles. The van der Waals surface area contributed by atoms with Gasteiger partial charge in [-0.25, -0.2) is 0 Å². The number of primary amides is 1. The minimum atomic E-state index is -0.773. The van der Waals surface area contributed by atoms with Crippen LogP contribution in [0.5, 0.6) is 0 Å². The van der Waals surface area contributed by atoms with Gasteiger partial charge in [0.1, 0.15) is 16.8 Å². The zero-order chi connectivity index (χ0) is 8.43. The monoisotopic (exact) mass is 170 g/mol. The number of rotatable bonds is 1. The van der Waals surface area contributed by atoms with Gasteiger partial charge in [-0.3, -0.25) is 9.89 Å². The summed E-state index contributed by atoms with van der Waals surface area (Å²) in [5.74, 6) is -0.773. The molecule has 0 saturated carbocycles. The molecule has 1 heterocycles. The van der Waals surface area contributed by atoms with Crippen LogP contribution >= 0.6 is 11.6 Å². The third-order valence-corrected chi connectivity index (χ3v) is 1.34. The Balaban J connectivity index is 3.30. The normalized spacial score (nSPS) is 9.09. The van der Waals surface area contributed by atoms with Gasteiger partial charge in [0.15, 0.2) is 5.69 Å². The van der Waals surface area contributed by atoms with Crippen molar-refractivity contribution in [2.24, 2.45) is 5.73 Å². The number of amides is 1. The van der Waals surface area contributed by atoms with Gasteiger partial charge in [0, 0.05) is 0 Å². The second-order valence-corrected chi connectivity index (χ2v) is 2.12. The van der Waals surface area contributed by atoms with Crippen LogP contribution < -0.4 is 5.73 Å². The predicted molar refractivity (Wildman–Crippen MR) is 36.8 cm³/mol. The van der Waals surface area contributed by atoms with Crippen molar-refractivity contribution < 1.29 is 4.79 Å². The molecule has 0 aromatic carbocycles. The first-order valence-electron chi connectivity index (χ1n) is 2.60. The lowest BCUT2D eigenvalue weighted by molar-refractivity contribution is 0.0995. The summed E-state index contributed by atoms with van der Waals surface area (Å²) in [5, 5.41) is 14.2. The molecule has 0 atom stereocenters. The van der Waals surface area contributed by atoms with Crippen molar-refractivity contribution in [3.05, 3.63) is 16.4 Å². The highest BCUT2D eigenvalue weighted by Gasteiger charge is 2.14. The van der Waals surface area contributed by atoms with Gasteiger partial charge in [0.05, 0.1) is 0 Å². The van der Waals surface area contributed by atoms with Crippen molar-refractivity contribution in [1.82, 2.24) is 10.2 Å². The van der Waals surface area contributed by atoms with Crippen molar-refractivity contribution in [2.45, 2.75) is 0 Å². The molecule has 6 heteroatoms. The Hall–Kier alpha value is -1.54. The molecule has 11 heavy (non-hydrogen) atoms. The highest BCUT2D eigenvalue weighted by Crippen LogP contribution is 2.13. The van der Waals surface area contributed by atoms with E-state index in [0.717, 1.165) is 0 Å². The topological polar surface area (TPSA) is 95.6 Å². The first-order valence-corrected chi connectivity index (χ1v) is 2.98. The second kappa shape index (κ2) is 2.60. The lowest BCUT2D eigenvalue weighted by Crippen LogP contribution is -2.12. The molecule has 1 rings (SSSR count). The second-order valence-electron chi connectivity index (χ2n) is 1.74. The highest BCUT2D eigenvalue weighted by molar-refractivity contribution is 6.31. The molecule has 5 nitrogen and oxygen atoms in total. The average molecular weight is 171 g/mol. The number of H-pyrrole nitrogens is 1. The first-order chi connectivity index (χ1) is 5.16. The van der Waals surface area contributed by atoms with Crippen LogP contribution in [0.15, 0.2) is 0 Å². The Kier molecular flexibility index (Phi) is 1.79. The molecular formula is C5H3ClN4O. The van der Waals surface area contributed by atoms with Crippen LogP contribution in [0.4, 0.5) is 0 Å². The molecule has 0 unspecified atom stereocenters. The standard InChI is InChI=1S/C5H3ClN4O/c6-4-2(1-7)3(5(8)11)9-10-4/h(H2,8,11)(H,9,10). The van der Waals surface area contributed by atoms with Crippen LogP contribution in [0, 0.1) is 11.3 Å². The summed E-state index contributed by atoms with van der Waals surface area (Å²) in [6.45, 7) is 0. The summed E-state index contributed by atoms with van der Waals surface area (Å²) in [4.78, 5) is 10.5. The van der Waals surface area contributed by atoms with Crippen LogP contribution in [-0.4, -0.2) is 16.1 Å². The van der Waals surface area contributed by atoms with E-state index < -0.39 is 5.91 Å². The Morgan fingerprint density at radius 1 is 1.82 bits per heavy atom. The maximum Gasteiger partial charge on any atom is 0.270 e. The number of aromatic nitrogens is 2. The van der Waals surface area contributed by atoms with Crippen molar-refractivity contribution in [3.63, 3.8) is 0 Å². The van der Waals surface area contributed by atoms with Crippen molar-refractivity contribution in [1.29, 1.82) is 5.26 Å². The van der Waals surface area contributed by atoms with E-state index in [2.05, 4.69) is 10.2 Å². The number of carbonyl (C=O) groups is 1. The van der Waals surface area contributed by atoms with Gasteiger partial charge in [-0.2, -0.15) is 10.4 Å². The lowest BCUT2D eigenvalue weighted by Gasteiger charge is -1.84. The molecule has 1 aromatic rings. The molecule has 0 aliphatic rings. The van der Waals surface area contributed by atoms with Gasteiger partial charge in [0.25, 0.3) is 5.91 Å². The fourth-order valence-corrected chi connectivity index (χ4v) is 0.775. The van der Waals surface area contributed by atoms with Crippen molar-refractivity contribution >= 4 is 17.5 Å². The zero-order valence-electron chi connectivity index (χ0n) is 5.26. The van der Waals surface area contributed by atoms with Crippen LogP contribution in [-0.2, 0) is 0 Å².